The van der Waals surface area contributed by atoms with Crippen molar-refractivity contribution in [2.45, 2.75) is 62.9 Å². The minimum atomic E-state index is -3.62. The number of nitrogens with zero attached hydrogens (tertiary/aromatic N) is 1. The van der Waals surface area contributed by atoms with Crippen LogP contribution in [0.5, 0.6) is 0 Å². The molecule has 2 aromatic rings. The van der Waals surface area contributed by atoms with Crippen LogP contribution in [0.3, 0.4) is 0 Å². The fraction of sp³-hybridized carbons (Fsp3) is 0.417. The van der Waals surface area contributed by atoms with E-state index in [1.54, 1.807) is 31.3 Å². The second-order valence-corrected chi connectivity index (χ2v) is 10.5. The summed E-state index contributed by atoms with van der Waals surface area (Å²) in [6.45, 7) is 3.72. The minimum Gasteiger partial charge on any atom is -0.350 e. The summed E-state index contributed by atoms with van der Waals surface area (Å²) < 4.78 is 27.4. The summed E-state index contributed by atoms with van der Waals surface area (Å²) in [5.41, 5.74) is 1.07. The number of rotatable bonds is 7. The molecule has 1 aliphatic rings. The zero-order chi connectivity index (χ0) is 23.3. The van der Waals surface area contributed by atoms with Gasteiger partial charge in [-0.05, 0) is 63.1 Å². The number of sulfonamides is 1. The highest BCUT2D eigenvalue weighted by Gasteiger charge is 2.29. The lowest BCUT2D eigenvalue weighted by atomic mass is 9.96. The summed E-state index contributed by atoms with van der Waals surface area (Å²) in [5.74, 6) is -0.692. The molecule has 1 saturated carbocycles. The Labute approximate surface area is 190 Å². The monoisotopic (exact) mass is 457 g/mol. The number of para-hydroxylation sites is 1. The lowest BCUT2D eigenvalue weighted by molar-refractivity contribution is 0.0944. The Morgan fingerprint density at radius 3 is 2.19 bits per heavy atom. The summed E-state index contributed by atoms with van der Waals surface area (Å²) >= 11 is 0. The number of amides is 2. The molecule has 0 heterocycles. The molecule has 7 nitrogen and oxygen atoms in total. The van der Waals surface area contributed by atoms with Crippen molar-refractivity contribution < 1.29 is 18.0 Å². The van der Waals surface area contributed by atoms with Crippen LogP contribution in [0.1, 0.15) is 66.7 Å². The molecule has 0 saturated heterocycles. The molecule has 0 unspecified atom stereocenters. The third-order valence-electron chi connectivity index (χ3n) is 5.72. The highest BCUT2D eigenvalue weighted by Crippen LogP contribution is 2.26. The van der Waals surface area contributed by atoms with Crippen molar-refractivity contribution in [3.63, 3.8) is 0 Å². The number of anilines is 1. The number of carbonyl (C=O) groups is 2. The van der Waals surface area contributed by atoms with Crippen LogP contribution in [-0.2, 0) is 10.0 Å². The van der Waals surface area contributed by atoms with Gasteiger partial charge in [-0.3, -0.25) is 9.59 Å². The molecule has 0 aliphatic heterocycles. The van der Waals surface area contributed by atoms with Gasteiger partial charge in [0.15, 0.2) is 0 Å². The van der Waals surface area contributed by atoms with Crippen LogP contribution in [0.2, 0.25) is 0 Å². The first kappa shape index (κ1) is 23.9. The van der Waals surface area contributed by atoms with Crippen LogP contribution in [0.4, 0.5) is 5.69 Å². The van der Waals surface area contributed by atoms with Crippen LogP contribution in [0, 0.1) is 0 Å². The van der Waals surface area contributed by atoms with E-state index in [1.165, 1.54) is 28.6 Å². The van der Waals surface area contributed by atoms with Gasteiger partial charge in [-0.25, -0.2) is 8.42 Å². The average molecular weight is 458 g/mol. The maximum atomic E-state index is 13.0. The number of hydrogen-bond acceptors (Lipinski definition) is 4. The van der Waals surface area contributed by atoms with Crippen LogP contribution in [0.25, 0.3) is 0 Å². The molecule has 1 fully saturated rings. The molecule has 3 rings (SSSR count). The van der Waals surface area contributed by atoms with Gasteiger partial charge in [0, 0.05) is 24.7 Å². The maximum Gasteiger partial charge on any atom is 0.255 e. The van der Waals surface area contributed by atoms with Crippen molar-refractivity contribution in [1.29, 1.82) is 0 Å². The third-order valence-corrected chi connectivity index (χ3v) is 7.65. The van der Waals surface area contributed by atoms with Gasteiger partial charge in [-0.15, -0.1) is 0 Å². The standard InChI is InChI=1S/C24H31N3O4S/c1-17(2)25-24(29)21-11-7-8-12-22(21)26-23(28)18-13-15-20(16-14-18)32(30,31)27(3)19-9-5-4-6-10-19/h7-8,11-17,19H,4-6,9-10H2,1-3H3,(H,25,29)(H,26,28). The quantitative estimate of drug-likeness (QED) is 0.656. The Bertz CT molecular complexity index is 1060. The van der Waals surface area contributed by atoms with E-state index in [0.29, 0.717) is 16.8 Å². The van der Waals surface area contributed by atoms with E-state index in [1.807, 2.05) is 13.8 Å². The molecule has 0 atom stereocenters. The van der Waals surface area contributed by atoms with Gasteiger partial charge in [0.1, 0.15) is 0 Å². The molecule has 8 heteroatoms. The normalized spacial score (nSPS) is 15.0. The molecule has 32 heavy (non-hydrogen) atoms. The van der Waals surface area contributed by atoms with Gasteiger partial charge < -0.3 is 10.6 Å². The van der Waals surface area contributed by atoms with Crippen LogP contribution in [0.15, 0.2) is 53.4 Å². The lowest BCUT2D eigenvalue weighted by Crippen LogP contribution is -2.38. The predicted octanol–water partition coefficient (Wildman–Crippen LogP) is 4.03. The second-order valence-electron chi connectivity index (χ2n) is 8.47. The van der Waals surface area contributed by atoms with Crippen LogP contribution < -0.4 is 10.6 Å². The number of carbonyl (C=O) groups excluding carboxylic acids is 2. The van der Waals surface area contributed by atoms with Crippen LogP contribution in [-0.4, -0.2) is 43.7 Å². The number of nitrogens with one attached hydrogen (secondary N) is 2. The maximum absolute atomic E-state index is 13.0. The molecule has 2 amide bonds. The Morgan fingerprint density at radius 2 is 1.56 bits per heavy atom. The van der Waals surface area contributed by atoms with Gasteiger partial charge in [-0.1, -0.05) is 31.4 Å². The van der Waals surface area contributed by atoms with Crippen molar-refractivity contribution in [3.8, 4) is 0 Å². The van der Waals surface area contributed by atoms with Gasteiger partial charge in [-0.2, -0.15) is 4.31 Å². The summed E-state index contributed by atoms with van der Waals surface area (Å²) in [6.07, 6.45) is 4.98. The first-order valence-corrected chi connectivity index (χ1v) is 12.4. The fourth-order valence-electron chi connectivity index (χ4n) is 3.91. The van der Waals surface area contributed by atoms with E-state index in [9.17, 15) is 18.0 Å². The lowest BCUT2D eigenvalue weighted by Gasteiger charge is -2.30. The second kappa shape index (κ2) is 10.3. The van der Waals surface area contributed by atoms with Crippen molar-refractivity contribution in [2.75, 3.05) is 12.4 Å². The smallest absolute Gasteiger partial charge is 0.255 e. The molecule has 0 aromatic heterocycles. The van der Waals surface area contributed by atoms with E-state index >= 15 is 0 Å². The van der Waals surface area contributed by atoms with Crippen molar-refractivity contribution in [3.05, 3.63) is 59.7 Å². The summed E-state index contributed by atoms with van der Waals surface area (Å²) in [5, 5.41) is 5.57. The van der Waals surface area contributed by atoms with Gasteiger partial charge in [0.25, 0.3) is 11.8 Å². The first-order valence-electron chi connectivity index (χ1n) is 11.0. The van der Waals surface area contributed by atoms with Crippen molar-refractivity contribution in [2.24, 2.45) is 0 Å². The van der Waals surface area contributed by atoms with Crippen molar-refractivity contribution in [1.82, 2.24) is 9.62 Å². The summed E-state index contributed by atoms with van der Waals surface area (Å²) in [7, 11) is -1.99. The van der Waals surface area contributed by atoms with Gasteiger partial charge in [0.2, 0.25) is 10.0 Å². The third kappa shape index (κ3) is 5.55. The van der Waals surface area contributed by atoms with E-state index < -0.39 is 15.9 Å². The molecular formula is C24H31N3O4S. The number of benzene rings is 2. The van der Waals surface area contributed by atoms with Crippen LogP contribution >= 0.6 is 0 Å². The fourth-order valence-corrected chi connectivity index (χ4v) is 5.33. The minimum absolute atomic E-state index is 0.0187. The highest BCUT2D eigenvalue weighted by molar-refractivity contribution is 7.89. The molecule has 1 aliphatic carbocycles. The molecule has 2 aromatic carbocycles. The first-order chi connectivity index (χ1) is 15.2. The summed E-state index contributed by atoms with van der Waals surface area (Å²) in [6, 6.07) is 12.7. The zero-order valence-corrected chi connectivity index (χ0v) is 19.6. The van der Waals surface area contributed by atoms with E-state index in [-0.39, 0.29) is 22.9 Å². The molecule has 2 N–H and O–H groups in total. The molecule has 0 bridgehead atoms. The Kier molecular flexibility index (Phi) is 7.69. The predicted molar refractivity (Wildman–Crippen MR) is 125 cm³/mol. The van der Waals surface area contributed by atoms with E-state index in [2.05, 4.69) is 10.6 Å². The summed E-state index contributed by atoms with van der Waals surface area (Å²) in [4.78, 5) is 25.3. The molecule has 0 spiro atoms. The highest BCUT2D eigenvalue weighted by atomic mass is 32.2. The van der Waals surface area contributed by atoms with Crippen molar-refractivity contribution >= 4 is 27.5 Å². The van der Waals surface area contributed by atoms with E-state index in [0.717, 1.165) is 32.1 Å². The number of hydrogen-bond donors (Lipinski definition) is 2. The zero-order valence-electron chi connectivity index (χ0n) is 18.8. The van der Waals surface area contributed by atoms with Gasteiger partial charge in [0.05, 0.1) is 16.1 Å². The van der Waals surface area contributed by atoms with E-state index in [4.69, 9.17) is 0 Å². The Balaban J connectivity index is 1.74. The average Bonchev–Trinajstić information content (AvgIpc) is 2.79. The Hall–Kier alpha value is -2.71. The van der Waals surface area contributed by atoms with Gasteiger partial charge >= 0.3 is 0 Å². The largest absolute Gasteiger partial charge is 0.350 e. The topological polar surface area (TPSA) is 95.6 Å². The SMILES string of the molecule is CC(C)NC(=O)c1ccccc1NC(=O)c1ccc(S(=O)(=O)N(C)C2CCCCC2)cc1. The molecular weight excluding hydrogens is 426 g/mol. The molecule has 0 radical (unpaired) electrons. The molecule has 172 valence electrons. The Morgan fingerprint density at radius 1 is 0.938 bits per heavy atom.